The van der Waals surface area contributed by atoms with Crippen LogP contribution in [0.2, 0.25) is 5.02 Å². The molecule has 0 saturated carbocycles. The average Bonchev–Trinajstić information content (AvgIpc) is 3.03. The highest BCUT2D eigenvalue weighted by atomic mass is 35.5. The van der Waals surface area contributed by atoms with Crippen molar-refractivity contribution in [3.63, 3.8) is 0 Å². The number of aromatic nitrogens is 1. The first-order valence-corrected chi connectivity index (χ1v) is 8.82. The summed E-state index contributed by atoms with van der Waals surface area (Å²) in [5.74, 6) is 0.0985. The van der Waals surface area contributed by atoms with Crippen LogP contribution in [0.5, 0.6) is 5.75 Å². The lowest BCUT2D eigenvalue weighted by atomic mass is 10.0. The summed E-state index contributed by atoms with van der Waals surface area (Å²) in [6, 6.07) is 13.7. The van der Waals surface area contributed by atoms with Crippen molar-refractivity contribution in [2.45, 2.75) is 13.3 Å². The van der Waals surface area contributed by atoms with E-state index >= 15 is 0 Å². The first-order valence-electron chi connectivity index (χ1n) is 8.44. The van der Waals surface area contributed by atoms with Gasteiger partial charge >= 0.3 is 0 Å². The summed E-state index contributed by atoms with van der Waals surface area (Å²) >= 11 is 6.08. The SMILES string of the molecule is Cc1onc(-c2c(F)cccc2Cl)c1C(=O)NCCCOc1ccccc1. The number of hydrogen-bond acceptors (Lipinski definition) is 4. The lowest BCUT2D eigenvalue weighted by Crippen LogP contribution is -2.26. The number of hydrogen-bond donors (Lipinski definition) is 1. The van der Waals surface area contributed by atoms with Crippen LogP contribution in [-0.2, 0) is 0 Å². The van der Waals surface area contributed by atoms with Crippen LogP contribution in [0.1, 0.15) is 22.5 Å². The third kappa shape index (κ3) is 4.46. The van der Waals surface area contributed by atoms with E-state index in [4.69, 9.17) is 20.9 Å². The number of rotatable bonds is 7. The molecule has 1 amide bonds. The molecule has 27 heavy (non-hydrogen) atoms. The molecule has 1 aromatic heterocycles. The molecule has 0 spiro atoms. The van der Waals surface area contributed by atoms with Crippen molar-refractivity contribution in [3.05, 3.63) is 70.7 Å². The van der Waals surface area contributed by atoms with Crippen LogP contribution in [0.15, 0.2) is 53.1 Å². The van der Waals surface area contributed by atoms with Gasteiger partial charge in [-0.1, -0.05) is 41.0 Å². The molecule has 0 atom stereocenters. The first-order chi connectivity index (χ1) is 13.1. The van der Waals surface area contributed by atoms with E-state index in [-0.39, 0.29) is 21.8 Å². The van der Waals surface area contributed by atoms with Crippen molar-refractivity contribution < 1.29 is 18.4 Å². The maximum Gasteiger partial charge on any atom is 0.257 e. The van der Waals surface area contributed by atoms with E-state index in [1.165, 1.54) is 18.2 Å². The van der Waals surface area contributed by atoms with Crippen molar-refractivity contribution in [2.24, 2.45) is 0 Å². The largest absolute Gasteiger partial charge is 0.494 e. The summed E-state index contributed by atoms with van der Waals surface area (Å²) < 4.78 is 24.9. The molecule has 0 aliphatic carbocycles. The molecular formula is C20H18ClFN2O3. The number of amides is 1. The van der Waals surface area contributed by atoms with E-state index in [1.54, 1.807) is 6.92 Å². The number of nitrogens with one attached hydrogen (secondary N) is 1. The maximum absolute atomic E-state index is 14.2. The number of carbonyl (C=O) groups is 1. The predicted octanol–water partition coefficient (Wildman–Crippen LogP) is 4.64. The van der Waals surface area contributed by atoms with E-state index in [0.29, 0.717) is 25.3 Å². The van der Waals surface area contributed by atoms with Crippen LogP contribution in [0.25, 0.3) is 11.3 Å². The Morgan fingerprint density at radius 2 is 2.00 bits per heavy atom. The third-order valence-corrected chi connectivity index (χ3v) is 4.22. The molecule has 3 aromatic rings. The number of benzene rings is 2. The van der Waals surface area contributed by atoms with Crippen LogP contribution in [0.4, 0.5) is 4.39 Å². The number of carbonyl (C=O) groups excluding carboxylic acids is 1. The van der Waals surface area contributed by atoms with Gasteiger partial charge in [0.2, 0.25) is 0 Å². The Labute approximate surface area is 161 Å². The molecule has 1 heterocycles. The highest BCUT2D eigenvalue weighted by Gasteiger charge is 2.25. The zero-order valence-electron chi connectivity index (χ0n) is 14.7. The van der Waals surface area contributed by atoms with Gasteiger partial charge in [-0.05, 0) is 37.6 Å². The molecule has 0 bridgehead atoms. The molecule has 0 aliphatic rings. The van der Waals surface area contributed by atoms with Crippen LogP contribution in [-0.4, -0.2) is 24.2 Å². The monoisotopic (exact) mass is 388 g/mol. The quantitative estimate of drug-likeness (QED) is 0.599. The van der Waals surface area contributed by atoms with Gasteiger partial charge in [0.25, 0.3) is 5.91 Å². The number of aryl methyl sites for hydroxylation is 1. The van der Waals surface area contributed by atoms with Crippen LogP contribution in [0, 0.1) is 12.7 Å². The fourth-order valence-electron chi connectivity index (χ4n) is 2.60. The maximum atomic E-state index is 14.2. The predicted molar refractivity (Wildman–Crippen MR) is 101 cm³/mol. The highest BCUT2D eigenvalue weighted by Crippen LogP contribution is 2.33. The second-order valence-electron chi connectivity index (χ2n) is 5.83. The van der Waals surface area contributed by atoms with Gasteiger partial charge in [0.15, 0.2) is 0 Å². The normalized spacial score (nSPS) is 10.6. The van der Waals surface area contributed by atoms with Gasteiger partial charge in [-0.2, -0.15) is 0 Å². The molecule has 3 rings (SSSR count). The Balaban J connectivity index is 1.63. The molecule has 0 saturated heterocycles. The van der Waals surface area contributed by atoms with E-state index < -0.39 is 11.7 Å². The highest BCUT2D eigenvalue weighted by molar-refractivity contribution is 6.33. The smallest absolute Gasteiger partial charge is 0.257 e. The van der Waals surface area contributed by atoms with Crippen LogP contribution in [0.3, 0.4) is 0 Å². The zero-order valence-corrected chi connectivity index (χ0v) is 15.4. The van der Waals surface area contributed by atoms with Crippen molar-refractivity contribution in [2.75, 3.05) is 13.2 Å². The Morgan fingerprint density at radius 1 is 1.22 bits per heavy atom. The van der Waals surface area contributed by atoms with Crippen molar-refractivity contribution in [3.8, 4) is 17.0 Å². The number of para-hydroxylation sites is 1. The van der Waals surface area contributed by atoms with E-state index in [1.807, 2.05) is 30.3 Å². The standard InChI is InChI=1S/C20H18ClFN2O3/c1-13-17(19(24-27-13)18-15(21)9-5-10-16(18)22)20(25)23-11-6-12-26-14-7-3-2-4-8-14/h2-5,7-10H,6,11-12H2,1H3,(H,23,25). The molecule has 1 N–H and O–H groups in total. The summed E-state index contributed by atoms with van der Waals surface area (Å²) in [6.07, 6.45) is 0.612. The van der Waals surface area contributed by atoms with Gasteiger partial charge in [-0.3, -0.25) is 4.79 Å². The van der Waals surface area contributed by atoms with Gasteiger partial charge in [-0.25, -0.2) is 4.39 Å². The second kappa shape index (κ2) is 8.68. The summed E-state index contributed by atoms with van der Waals surface area (Å²) in [7, 11) is 0. The second-order valence-corrected chi connectivity index (χ2v) is 6.24. The van der Waals surface area contributed by atoms with Crippen molar-refractivity contribution >= 4 is 17.5 Å². The molecule has 2 aromatic carbocycles. The zero-order chi connectivity index (χ0) is 19.2. The lowest BCUT2D eigenvalue weighted by molar-refractivity contribution is 0.0950. The topological polar surface area (TPSA) is 64.4 Å². The number of halogens is 2. The Bertz CT molecular complexity index is 908. The fraction of sp³-hybridized carbons (Fsp3) is 0.200. The summed E-state index contributed by atoms with van der Waals surface area (Å²) in [5.41, 5.74) is 0.313. The molecule has 7 heteroatoms. The summed E-state index contributed by atoms with van der Waals surface area (Å²) in [6.45, 7) is 2.44. The van der Waals surface area contributed by atoms with Crippen LogP contribution >= 0.6 is 11.6 Å². The number of nitrogens with zero attached hydrogens (tertiary/aromatic N) is 1. The molecular weight excluding hydrogens is 371 g/mol. The molecule has 0 fully saturated rings. The van der Waals surface area contributed by atoms with Gasteiger partial charge in [0, 0.05) is 6.54 Å². The van der Waals surface area contributed by atoms with Gasteiger partial charge < -0.3 is 14.6 Å². The van der Waals surface area contributed by atoms with E-state index in [2.05, 4.69) is 10.5 Å². The Morgan fingerprint density at radius 3 is 2.74 bits per heavy atom. The van der Waals surface area contributed by atoms with Crippen molar-refractivity contribution in [1.82, 2.24) is 10.5 Å². The summed E-state index contributed by atoms with van der Waals surface area (Å²) in [4.78, 5) is 12.6. The van der Waals surface area contributed by atoms with Gasteiger partial charge in [0.1, 0.15) is 28.6 Å². The van der Waals surface area contributed by atoms with Gasteiger partial charge in [-0.15, -0.1) is 0 Å². The fourth-order valence-corrected chi connectivity index (χ4v) is 2.86. The van der Waals surface area contributed by atoms with E-state index in [0.717, 1.165) is 5.75 Å². The lowest BCUT2D eigenvalue weighted by Gasteiger charge is -2.08. The minimum absolute atomic E-state index is 0.0496. The van der Waals surface area contributed by atoms with Crippen LogP contribution < -0.4 is 10.1 Å². The first kappa shape index (κ1) is 18.9. The molecule has 140 valence electrons. The molecule has 0 radical (unpaired) electrons. The average molecular weight is 389 g/mol. The van der Waals surface area contributed by atoms with Gasteiger partial charge in [0.05, 0.1) is 17.2 Å². The molecule has 5 nitrogen and oxygen atoms in total. The van der Waals surface area contributed by atoms with E-state index in [9.17, 15) is 9.18 Å². The number of ether oxygens (including phenoxy) is 1. The Hall–Kier alpha value is -2.86. The minimum atomic E-state index is -0.568. The molecule has 0 unspecified atom stereocenters. The third-order valence-electron chi connectivity index (χ3n) is 3.91. The summed E-state index contributed by atoms with van der Waals surface area (Å²) in [5, 5.41) is 6.77. The Kier molecular flexibility index (Phi) is 6.08. The van der Waals surface area contributed by atoms with Crippen molar-refractivity contribution in [1.29, 1.82) is 0 Å². The minimum Gasteiger partial charge on any atom is -0.494 e. The molecule has 0 aliphatic heterocycles.